The second-order valence-corrected chi connectivity index (χ2v) is 8.03. The number of halogens is 2. The molecule has 0 saturated heterocycles. The lowest BCUT2D eigenvalue weighted by Crippen LogP contribution is -2.24. The van der Waals surface area contributed by atoms with Crippen molar-refractivity contribution >= 4 is 5.91 Å². The summed E-state index contributed by atoms with van der Waals surface area (Å²) < 4.78 is 34.1. The molecule has 1 amide bonds. The lowest BCUT2D eigenvalue weighted by molar-refractivity contribution is 0.0945. The Kier molecular flexibility index (Phi) is 6.46. The number of hydrogen-bond acceptors (Lipinski definition) is 4. The maximum atomic E-state index is 14.6. The predicted octanol–water partition coefficient (Wildman–Crippen LogP) is 4.55. The molecular formula is C25H24F2N2O3. The molecule has 2 aromatic carbocycles. The van der Waals surface area contributed by atoms with Gasteiger partial charge < -0.3 is 15.2 Å². The zero-order valence-corrected chi connectivity index (χ0v) is 17.7. The predicted molar refractivity (Wildman–Crippen MR) is 116 cm³/mol. The second kappa shape index (κ2) is 9.44. The average molecular weight is 438 g/mol. The number of aromatic nitrogens is 1. The summed E-state index contributed by atoms with van der Waals surface area (Å²) in [6.45, 7) is 1.89. The van der Waals surface area contributed by atoms with Crippen LogP contribution in [0.5, 0.6) is 5.88 Å². The van der Waals surface area contributed by atoms with E-state index in [1.54, 1.807) is 25.1 Å². The van der Waals surface area contributed by atoms with Gasteiger partial charge in [-0.15, -0.1) is 0 Å². The Morgan fingerprint density at radius 1 is 1.19 bits per heavy atom. The number of carbonyl (C=O) groups is 1. The number of ether oxygens (including phenoxy) is 1. The Morgan fingerprint density at radius 3 is 2.72 bits per heavy atom. The highest BCUT2D eigenvalue weighted by Crippen LogP contribution is 2.32. The molecule has 0 spiro atoms. The van der Waals surface area contributed by atoms with Crippen LogP contribution in [0.3, 0.4) is 0 Å². The Labute approximate surface area is 185 Å². The molecule has 0 atom stereocenters. The number of benzene rings is 2. The number of aliphatic hydroxyl groups excluding tert-OH is 1. The first-order valence-electron chi connectivity index (χ1n) is 10.5. The molecule has 166 valence electrons. The summed E-state index contributed by atoms with van der Waals surface area (Å²) in [5, 5.41) is 12.4. The van der Waals surface area contributed by atoms with E-state index in [0.717, 1.165) is 12.8 Å². The van der Waals surface area contributed by atoms with Crippen LogP contribution in [0.15, 0.2) is 48.7 Å². The van der Waals surface area contributed by atoms with E-state index in [2.05, 4.69) is 10.3 Å². The van der Waals surface area contributed by atoms with Gasteiger partial charge in [-0.2, -0.15) is 0 Å². The number of hydrogen-bond donors (Lipinski definition) is 2. The molecule has 1 fully saturated rings. The SMILES string of the molecule is Cc1ccc(CNC(=O)c2cc(-c3c(F)cccc3CO)cnc2OCC2CC2)cc1F. The molecule has 1 aliphatic rings. The summed E-state index contributed by atoms with van der Waals surface area (Å²) in [7, 11) is 0. The number of nitrogens with zero attached hydrogens (tertiary/aromatic N) is 1. The number of amides is 1. The minimum Gasteiger partial charge on any atom is -0.477 e. The third-order valence-corrected chi connectivity index (χ3v) is 5.50. The van der Waals surface area contributed by atoms with Crippen molar-refractivity contribution < 1.29 is 23.4 Å². The summed E-state index contributed by atoms with van der Waals surface area (Å²) in [5.41, 5.74) is 2.23. The van der Waals surface area contributed by atoms with Crippen LogP contribution in [-0.4, -0.2) is 22.6 Å². The molecule has 1 aliphatic carbocycles. The molecular weight excluding hydrogens is 414 g/mol. The van der Waals surface area contributed by atoms with Crippen LogP contribution >= 0.6 is 0 Å². The minimum absolute atomic E-state index is 0.115. The molecule has 1 heterocycles. The molecule has 0 unspecified atom stereocenters. The number of pyridine rings is 1. The average Bonchev–Trinajstić information content (AvgIpc) is 3.62. The Hall–Kier alpha value is -3.32. The van der Waals surface area contributed by atoms with Gasteiger partial charge in [0.15, 0.2) is 0 Å². The summed E-state index contributed by atoms with van der Waals surface area (Å²) >= 11 is 0. The van der Waals surface area contributed by atoms with E-state index >= 15 is 0 Å². The fourth-order valence-electron chi connectivity index (χ4n) is 3.40. The molecule has 0 bridgehead atoms. The smallest absolute Gasteiger partial charge is 0.257 e. The normalized spacial score (nSPS) is 13.1. The van der Waals surface area contributed by atoms with Crippen LogP contribution < -0.4 is 10.1 Å². The van der Waals surface area contributed by atoms with Crippen molar-refractivity contribution in [2.24, 2.45) is 5.92 Å². The van der Waals surface area contributed by atoms with E-state index in [0.29, 0.717) is 34.8 Å². The molecule has 0 radical (unpaired) electrons. The first-order valence-corrected chi connectivity index (χ1v) is 10.5. The van der Waals surface area contributed by atoms with Crippen molar-refractivity contribution in [1.82, 2.24) is 10.3 Å². The number of nitrogens with one attached hydrogen (secondary N) is 1. The van der Waals surface area contributed by atoms with Gasteiger partial charge in [0.2, 0.25) is 5.88 Å². The number of rotatable bonds is 8. The molecule has 5 nitrogen and oxygen atoms in total. The zero-order valence-electron chi connectivity index (χ0n) is 17.7. The number of carbonyl (C=O) groups excluding carboxylic acids is 1. The molecule has 3 aromatic rings. The molecule has 1 saturated carbocycles. The molecule has 32 heavy (non-hydrogen) atoms. The fraction of sp³-hybridized carbons (Fsp3) is 0.280. The van der Waals surface area contributed by atoms with E-state index in [9.17, 15) is 18.7 Å². The van der Waals surface area contributed by atoms with Crippen molar-refractivity contribution in [1.29, 1.82) is 0 Å². The third kappa shape index (κ3) is 4.94. The van der Waals surface area contributed by atoms with Crippen LogP contribution in [0.4, 0.5) is 8.78 Å². The van der Waals surface area contributed by atoms with Gasteiger partial charge in [0, 0.05) is 23.9 Å². The summed E-state index contributed by atoms with van der Waals surface area (Å²) in [4.78, 5) is 17.3. The van der Waals surface area contributed by atoms with Gasteiger partial charge in [0.25, 0.3) is 5.91 Å². The number of aryl methyl sites for hydroxylation is 1. The van der Waals surface area contributed by atoms with E-state index in [4.69, 9.17) is 4.74 Å². The largest absolute Gasteiger partial charge is 0.477 e. The quantitative estimate of drug-likeness (QED) is 0.542. The highest BCUT2D eigenvalue weighted by Gasteiger charge is 2.24. The lowest BCUT2D eigenvalue weighted by atomic mass is 9.99. The zero-order chi connectivity index (χ0) is 22.7. The Balaban J connectivity index is 1.63. The van der Waals surface area contributed by atoms with Gasteiger partial charge in [-0.3, -0.25) is 4.79 Å². The van der Waals surface area contributed by atoms with Crippen molar-refractivity contribution in [2.75, 3.05) is 6.61 Å². The van der Waals surface area contributed by atoms with E-state index in [-0.39, 0.29) is 36.0 Å². The van der Waals surface area contributed by atoms with Gasteiger partial charge in [-0.05, 0) is 60.6 Å². The summed E-state index contributed by atoms with van der Waals surface area (Å²) in [6.07, 6.45) is 3.59. The van der Waals surface area contributed by atoms with Crippen LogP contribution in [0.2, 0.25) is 0 Å². The fourth-order valence-corrected chi connectivity index (χ4v) is 3.40. The number of aliphatic hydroxyl groups is 1. The topological polar surface area (TPSA) is 71.5 Å². The van der Waals surface area contributed by atoms with E-state index < -0.39 is 11.7 Å². The lowest BCUT2D eigenvalue weighted by Gasteiger charge is -2.14. The Bertz CT molecular complexity index is 1150. The molecule has 1 aromatic heterocycles. The van der Waals surface area contributed by atoms with Crippen molar-refractivity contribution in [3.63, 3.8) is 0 Å². The second-order valence-electron chi connectivity index (χ2n) is 8.03. The van der Waals surface area contributed by atoms with Crippen LogP contribution in [0.25, 0.3) is 11.1 Å². The van der Waals surface area contributed by atoms with E-state index in [1.807, 2.05) is 0 Å². The van der Waals surface area contributed by atoms with Crippen LogP contribution in [0, 0.1) is 24.5 Å². The van der Waals surface area contributed by atoms with Crippen molar-refractivity contribution in [2.45, 2.75) is 32.9 Å². The summed E-state index contributed by atoms with van der Waals surface area (Å²) in [6, 6.07) is 10.7. The standard InChI is InChI=1S/C25H24F2N2O3/c1-15-5-6-17(9-22(15)27)11-28-24(31)20-10-19(12-29-25(20)32-14-16-7-8-16)23-18(13-30)3-2-4-21(23)26/h2-6,9-10,12,16,30H,7-8,11,13-14H2,1H3,(H,28,31). The van der Waals surface area contributed by atoms with Gasteiger partial charge in [0.05, 0.1) is 13.2 Å². The maximum Gasteiger partial charge on any atom is 0.257 e. The van der Waals surface area contributed by atoms with Gasteiger partial charge >= 0.3 is 0 Å². The molecule has 7 heteroatoms. The van der Waals surface area contributed by atoms with Crippen molar-refractivity contribution in [3.8, 4) is 17.0 Å². The molecule has 2 N–H and O–H groups in total. The van der Waals surface area contributed by atoms with Crippen LogP contribution in [-0.2, 0) is 13.2 Å². The van der Waals surface area contributed by atoms with E-state index in [1.165, 1.54) is 30.5 Å². The van der Waals surface area contributed by atoms with Crippen LogP contribution in [0.1, 0.15) is 39.9 Å². The first-order chi connectivity index (χ1) is 15.5. The van der Waals surface area contributed by atoms with Crippen molar-refractivity contribution in [3.05, 3.63) is 82.5 Å². The minimum atomic E-state index is -0.522. The summed E-state index contributed by atoms with van der Waals surface area (Å²) in [5.74, 6) is -0.713. The molecule has 0 aliphatic heterocycles. The highest BCUT2D eigenvalue weighted by atomic mass is 19.1. The molecule has 4 rings (SSSR count). The van der Waals surface area contributed by atoms with Gasteiger partial charge in [-0.25, -0.2) is 13.8 Å². The van der Waals surface area contributed by atoms with Gasteiger partial charge in [-0.1, -0.05) is 24.3 Å². The highest BCUT2D eigenvalue weighted by molar-refractivity contribution is 5.97. The third-order valence-electron chi connectivity index (χ3n) is 5.50. The maximum absolute atomic E-state index is 14.6. The Morgan fingerprint density at radius 2 is 2.00 bits per heavy atom. The van der Waals surface area contributed by atoms with Gasteiger partial charge in [0.1, 0.15) is 17.2 Å². The monoisotopic (exact) mass is 438 g/mol. The first kappa shape index (κ1) is 21.9.